The van der Waals surface area contributed by atoms with E-state index >= 15 is 0 Å². The molecule has 1 fully saturated rings. The molecule has 0 saturated carbocycles. The van der Waals surface area contributed by atoms with Crippen LogP contribution in [0.2, 0.25) is 0 Å². The molecule has 0 bridgehead atoms. The van der Waals surface area contributed by atoms with Crippen LogP contribution in [0.25, 0.3) is 0 Å². The molecule has 1 rings (SSSR count). The van der Waals surface area contributed by atoms with E-state index in [1.54, 1.807) is 0 Å². The number of piperidine rings is 1. The summed E-state index contributed by atoms with van der Waals surface area (Å²) in [5.41, 5.74) is 0. The van der Waals surface area contributed by atoms with Crippen LogP contribution in [0.4, 0.5) is 0 Å². The number of rotatable bonds is 6. The number of hydrogen-bond donors (Lipinski definition) is 1. The molecule has 15 heavy (non-hydrogen) atoms. The fourth-order valence-corrected chi connectivity index (χ4v) is 2.30. The number of nitrogens with zero attached hydrogens (tertiary/aromatic N) is 1. The summed E-state index contributed by atoms with van der Waals surface area (Å²) in [6.45, 7) is 10.7. The molecule has 0 atom stereocenters. The summed E-state index contributed by atoms with van der Waals surface area (Å²) in [7, 11) is 0. The lowest BCUT2D eigenvalue weighted by atomic mass is 10.0. The normalized spacial score (nSPS) is 20.0. The highest BCUT2D eigenvalue weighted by molar-refractivity contribution is 4.78. The Hall–Kier alpha value is -0.0800. The maximum atomic E-state index is 3.69. The Labute approximate surface area is 95.4 Å². The van der Waals surface area contributed by atoms with Gasteiger partial charge in [-0.3, -0.25) is 0 Å². The first-order chi connectivity index (χ1) is 7.24. The van der Waals surface area contributed by atoms with E-state index in [1.807, 2.05) is 0 Å². The molecule has 0 amide bonds. The van der Waals surface area contributed by atoms with Crippen LogP contribution in [-0.2, 0) is 0 Å². The van der Waals surface area contributed by atoms with E-state index in [4.69, 9.17) is 0 Å². The Kier molecular flexibility index (Phi) is 6.26. The van der Waals surface area contributed by atoms with Crippen LogP contribution in [-0.4, -0.2) is 36.6 Å². The highest BCUT2D eigenvalue weighted by Crippen LogP contribution is 2.12. The minimum absolute atomic E-state index is 0.728. The molecule has 0 aromatic heterocycles. The molecule has 1 heterocycles. The summed E-state index contributed by atoms with van der Waals surface area (Å²) in [4.78, 5) is 2.59. The van der Waals surface area contributed by atoms with E-state index < -0.39 is 0 Å². The highest BCUT2D eigenvalue weighted by Gasteiger charge is 2.19. The maximum Gasteiger partial charge on any atom is 0.00914 e. The fourth-order valence-electron chi connectivity index (χ4n) is 2.30. The Morgan fingerprint density at radius 3 is 2.40 bits per heavy atom. The lowest BCUT2D eigenvalue weighted by Gasteiger charge is -2.35. The third-order valence-corrected chi connectivity index (χ3v) is 3.47. The van der Waals surface area contributed by atoms with Crippen molar-refractivity contribution in [3.8, 4) is 0 Å². The van der Waals surface area contributed by atoms with E-state index in [0.717, 1.165) is 12.1 Å². The molecule has 1 saturated heterocycles. The van der Waals surface area contributed by atoms with Crippen molar-refractivity contribution in [2.45, 2.75) is 65.0 Å². The monoisotopic (exact) mass is 212 g/mol. The molecule has 1 aliphatic heterocycles. The van der Waals surface area contributed by atoms with Crippen LogP contribution in [0.15, 0.2) is 0 Å². The van der Waals surface area contributed by atoms with Gasteiger partial charge in [-0.15, -0.1) is 0 Å². The summed E-state index contributed by atoms with van der Waals surface area (Å²) in [5.74, 6) is 0. The van der Waals surface area contributed by atoms with Gasteiger partial charge in [-0.1, -0.05) is 19.8 Å². The molecule has 0 aromatic rings. The molecule has 0 radical (unpaired) electrons. The van der Waals surface area contributed by atoms with E-state index in [0.29, 0.717) is 0 Å². The van der Waals surface area contributed by atoms with Crippen molar-refractivity contribution >= 4 is 0 Å². The van der Waals surface area contributed by atoms with Crippen molar-refractivity contribution in [1.82, 2.24) is 10.2 Å². The zero-order chi connectivity index (χ0) is 11.1. The van der Waals surface area contributed by atoms with Crippen molar-refractivity contribution in [2.75, 3.05) is 19.6 Å². The first-order valence-corrected chi connectivity index (χ1v) is 6.71. The van der Waals surface area contributed by atoms with Gasteiger partial charge in [0.1, 0.15) is 0 Å². The lowest BCUT2D eigenvalue weighted by molar-refractivity contribution is 0.161. The second kappa shape index (κ2) is 7.24. The van der Waals surface area contributed by atoms with Crippen molar-refractivity contribution in [1.29, 1.82) is 0 Å². The lowest BCUT2D eigenvalue weighted by Crippen LogP contribution is -2.45. The van der Waals surface area contributed by atoms with Gasteiger partial charge in [0.05, 0.1) is 0 Å². The van der Waals surface area contributed by atoms with Gasteiger partial charge in [-0.25, -0.2) is 0 Å². The standard InChI is InChI=1S/C13H28N2/c1-4-5-6-9-14-13-7-10-15(11-8-13)12(2)3/h12-14H,4-11H2,1-3H3. The minimum atomic E-state index is 0.728. The average molecular weight is 212 g/mol. The zero-order valence-corrected chi connectivity index (χ0v) is 10.8. The van der Waals surface area contributed by atoms with Crippen molar-refractivity contribution < 1.29 is 0 Å². The third-order valence-electron chi connectivity index (χ3n) is 3.47. The summed E-state index contributed by atoms with van der Waals surface area (Å²) < 4.78 is 0. The van der Waals surface area contributed by atoms with Crippen molar-refractivity contribution in [2.24, 2.45) is 0 Å². The smallest absolute Gasteiger partial charge is 0.00914 e. The summed E-state index contributed by atoms with van der Waals surface area (Å²) in [5, 5.41) is 3.69. The summed E-state index contributed by atoms with van der Waals surface area (Å²) in [6, 6.07) is 1.52. The Balaban J connectivity index is 2.04. The Morgan fingerprint density at radius 1 is 1.20 bits per heavy atom. The zero-order valence-electron chi connectivity index (χ0n) is 10.8. The largest absolute Gasteiger partial charge is 0.314 e. The topological polar surface area (TPSA) is 15.3 Å². The number of likely N-dealkylation sites (tertiary alicyclic amines) is 1. The van der Waals surface area contributed by atoms with E-state index in [2.05, 4.69) is 31.0 Å². The van der Waals surface area contributed by atoms with Gasteiger partial charge >= 0.3 is 0 Å². The average Bonchev–Trinajstić information content (AvgIpc) is 2.25. The predicted molar refractivity (Wildman–Crippen MR) is 67.3 cm³/mol. The molecule has 0 aromatic carbocycles. The second-order valence-corrected chi connectivity index (χ2v) is 5.07. The van der Waals surface area contributed by atoms with Crippen LogP contribution >= 0.6 is 0 Å². The van der Waals surface area contributed by atoms with Crippen LogP contribution < -0.4 is 5.32 Å². The van der Waals surface area contributed by atoms with Gasteiger partial charge in [-0.05, 0) is 52.7 Å². The van der Waals surface area contributed by atoms with E-state index in [1.165, 1.54) is 51.7 Å². The fraction of sp³-hybridized carbons (Fsp3) is 1.00. The molecule has 0 aliphatic carbocycles. The molecular weight excluding hydrogens is 184 g/mol. The Morgan fingerprint density at radius 2 is 1.87 bits per heavy atom. The molecule has 0 spiro atoms. The third kappa shape index (κ3) is 4.98. The van der Waals surface area contributed by atoms with Gasteiger partial charge in [0, 0.05) is 12.1 Å². The first kappa shape index (κ1) is 13.0. The maximum absolute atomic E-state index is 3.69. The molecule has 0 unspecified atom stereocenters. The Bertz CT molecular complexity index is 149. The van der Waals surface area contributed by atoms with Crippen molar-refractivity contribution in [3.63, 3.8) is 0 Å². The van der Waals surface area contributed by atoms with Gasteiger partial charge in [-0.2, -0.15) is 0 Å². The molecule has 1 N–H and O–H groups in total. The molecule has 2 nitrogen and oxygen atoms in total. The van der Waals surface area contributed by atoms with Gasteiger partial charge in [0.25, 0.3) is 0 Å². The van der Waals surface area contributed by atoms with Crippen LogP contribution in [0.3, 0.4) is 0 Å². The van der Waals surface area contributed by atoms with Crippen LogP contribution in [0.5, 0.6) is 0 Å². The number of hydrogen-bond acceptors (Lipinski definition) is 2. The minimum Gasteiger partial charge on any atom is -0.314 e. The van der Waals surface area contributed by atoms with Gasteiger partial charge in [0.2, 0.25) is 0 Å². The first-order valence-electron chi connectivity index (χ1n) is 6.71. The second-order valence-electron chi connectivity index (χ2n) is 5.07. The van der Waals surface area contributed by atoms with Crippen molar-refractivity contribution in [3.05, 3.63) is 0 Å². The van der Waals surface area contributed by atoms with Crippen LogP contribution in [0, 0.1) is 0 Å². The van der Waals surface area contributed by atoms with Gasteiger partial charge < -0.3 is 10.2 Å². The van der Waals surface area contributed by atoms with Crippen LogP contribution in [0.1, 0.15) is 52.9 Å². The number of unbranched alkanes of at least 4 members (excludes halogenated alkanes) is 2. The molecule has 2 heteroatoms. The molecule has 1 aliphatic rings. The number of nitrogens with one attached hydrogen (secondary N) is 1. The SMILES string of the molecule is CCCCCNC1CCN(C(C)C)CC1. The van der Waals surface area contributed by atoms with E-state index in [-0.39, 0.29) is 0 Å². The summed E-state index contributed by atoms with van der Waals surface area (Å²) in [6.07, 6.45) is 6.72. The highest BCUT2D eigenvalue weighted by atomic mass is 15.2. The molecular formula is C13H28N2. The predicted octanol–water partition coefficient (Wildman–Crippen LogP) is 2.64. The summed E-state index contributed by atoms with van der Waals surface area (Å²) >= 11 is 0. The quantitative estimate of drug-likeness (QED) is 0.681. The van der Waals surface area contributed by atoms with E-state index in [9.17, 15) is 0 Å². The van der Waals surface area contributed by atoms with Gasteiger partial charge in [0.15, 0.2) is 0 Å². The molecule has 90 valence electrons.